The monoisotopic (exact) mass is 296 g/mol. The zero-order chi connectivity index (χ0) is 15.4. The lowest BCUT2D eigenvalue weighted by atomic mass is 9.93. The van der Waals surface area contributed by atoms with Gasteiger partial charge in [-0.15, -0.1) is 0 Å². The van der Waals surface area contributed by atoms with Crippen molar-refractivity contribution in [3.8, 4) is 0 Å². The molecule has 1 fully saturated rings. The lowest BCUT2D eigenvalue weighted by Crippen LogP contribution is -2.37. The molecule has 0 radical (unpaired) electrons. The van der Waals surface area contributed by atoms with Crippen molar-refractivity contribution in [1.29, 1.82) is 0 Å². The molecule has 0 amide bonds. The first-order valence-corrected chi connectivity index (χ1v) is 7.67. The van der Waals surface area contributed by atoms with Crippen molar-refractivity contribution in [1.82, 2.24) is 0 Å². The SMILES string of the molecule is O=C(Cc1ccccc1)[C@H]1C[C@H](O)C[C@H](c2ccccc2)O1. The molecule has 114 valence electrons. The van der Waals surface area contributed by atoms with Gasteiger partial charge in [-0.2, -0.15) is 0 Å². The Kier molecular flexibility index (Phi) is 4.66. The maximum absolute atomic E-state index is 12.5. The maximum Gasteiger partial charge on any atom is 0.166 e. The molecule has 3 heteroatoms. The molecule has 0 spiro atoms. The summed E-state index contributed by atoms with van der Waals surface area (Å²) in [5, 5.41) is 10.1. The lowest BCUT2D eigenvalue weighted by molar-refractivity contribution is -0.147. The molecular weight excluding hydrogens is 276 g/mol. The summed E-state index contributed by atoms with van der Waals surface area (Å²) in [6.45, 7) is 0. The van der Waals surface area contributed by atoms with Crippen molar-refractivity contribution in [3.05, 3.63) is 71.8 Å². The number of benzene rings is 2. The summed E-state index contributed by atoms with van der Waals surface area (Å²) in [6.07, 6.45) is 0.0287. The first kappa shape index (κ1) is 14.9. The van der Waals surface area contributed by atoms with Gasteiger partial charge in [0.2, 0.25) is 0 Å². The Hall–Kier alpha value is -1.97. The minimum atomic E-state index is -0.533. The largest absolute Gasteiger partial charge is 0.393 e. The highest BCUT2D eigenvalue weighted by atomic mass is 16.5. The minimum absolute atomic E-state index is 0.0332. The summed E-state index contributed by atoms with van der Waals surface area (Å²) < 4.78 is 5.97. The van der Waals surface area contributed by atoms with E-state index < -0.39 is 12.2 Å². The average Bonchev–Trinajstić information content (AvgIpc) is 2.56. The van der Waals surface area contributed by atoms with Crippen LogP contribution in [0.25, 0.3) is 0 Å². The summed E-state index contributed by atoms with van der Waals surface area (Å²) in [4.78, 5) is 12.5. The van der Waals surface area contributed by atoms with Crippen molar-refractivity contribution in [2.75, 3.05) is 0 Å². The quantitative estimate of drug-likeness (QED) is 0.943. The molecule has 3 rings (SSSR count). The normalized spacial score (nSPS) is 24.9. The van der Waals surface area contributed by atoms with E-state index in [9.17, 15) is 9.90 Å². The fourth-order valence-electron chi connectivity index (χ4n) is 2.90. The Labute approximate surface area is 130 Å². The number of hydrogen-bond acceptors (Lipinski definition) is 3. The van der Waals surface area contributed by atoms with Gasteiger partial charge in [0.1, 0.15) is 6.10 Å². The van der Waals surface area contributed by atoms with Crippen LogP contribution in [0, 0.1) is 0 Å². The molecule has 0 saturated carbocycles. The van der Waals surface area contributed by atoms with Crippen LogP contribution in [0.4, 0.5) is 0 Å². The van der Waals surface area contributed by atoms with Gasteiger partial charge >= 0.3 is 0 Å². The van der Waals surface area contributed by atoms with Crippen LogP contribution < -0.4 is 0 Å². The fraction of sp³-hybridized carbons (Fsp3) is 0.316. The number of hydrogen-bond donors (Lipinski definition) is 1. The van der Waals surface area contributed by atoms with E-state index >= 15 is 0 Å². The number of ketones is 1. The van der Waals surface area contributed by atoms with Gasteiger partial charge in [0.15, 0.2) is 5.78 Å². The van der Waals surface area contributed by atoms with Crippen LogP contribution >= 0.6 is 0 Å². The summed E-state index contributed by atoms with van der Waals surface area (Å²) in [6, 6.07) is 19.4. The highest BCUT2D eigenvalue weighted by Crippen LogP contribution is 2.32. The first-order valence-electron chi connectivity index (χ1n) is 7.67. The van der Waals surface area contributed by atoms with E-state index in [2.05, 4.69) is 0 Å². The first-order chi connectivity index (χ1) is 10.7. The predicted molar refractivity (Wildman–Crippen MR) is 84.4 cm³/mol. The van der Waals surface area contributed by atoms with Gasteiger partial charge < -0.3 is 9.84 Å². The molecule has 0 unspecified atom stereocenters. The number of carbonyl (C=O) groups is 1. The maximum atomic E-state index is 12.5. The van der Waals surface area contributed by atoms with E-state index in [1.807, 2.05) is 60.7 Å². The van der Waals surface area contributed by atoms with Crippen LogP contribution in [0.2, 0.25) is 0 Å². The van der Waals surface area contributed by atoms with Crippen LogP contribution in [0.15, 0.2) is 60.7 Å². The second-order valence-electron chi connectivity index (χ2n) is 5.78. The summed E-state index contributed by atoms with van der Waals surface area (Å²) in [7, 11) is 0. The summed E-state index contributed by atoms with van der Waals surface area (Å²) in [5.41, 5.74) is 1.99. The number of Topliss-reactive ketones (excluding diaryl/α,β-unsaturated/α-hetero) is 1. The Bertz CT molecular complexity index is 609. The van der Waals surface area contributed by atoms with Gasteiger partial charge in [-0.25, -0.2) is 0 Å². The second-order valence-corrected chi connectivity index (χ2v) is 5.78. The Morgan fingerprint density at radius 1 is 1.00 bits per heavy atom. The fourth-order valence-corrected chi connectivity index (χ4v) is 2.90. The van der Waals surface area contributed by atoms with Crippen molar-refractivity contribution >= 4 is 5.78 Å². The zero-order valence-corrected chi connectivity index (χ0v) is 12.4. The molecule has 1 aliphatic heterocycles. The van der Waals surface area contributed by atoms with Crippen LogP contribution in [0.5, 0.6) is 0 Å². The molecule has 3 atom stereocenters. The third kappa shape index (κ3) is 3.62. The predicted octanol–water partition coefficient (Wildman–Crippen LogP) is 3.08. The number of aliphatic hydroxyl groups is 1. The van der Waals surface area contributed by atoms with Gasteiger partial charge in [0.25, 0.3) is 0 Å². The second kappa shape index (κ2) is 6.86. The van der Waals surface area contributed by atoms with E-state index in [1.165, 1.54) is 0 Å². The lowest BCUT2D eigenvalue weighted by Gasteiger charge is -2.32. The van der Waals surface area contributed by atoms with Gasteiger partial charge in [-0.05, 0) is 11.1 Å². The standard InChI is InChI=1S/C19H20O3/c20-16-12-18(15-9-5-2-6-10-15)22-19(13-16)17(21)11-14-7-3-1-4-8-14/h1-10,16,18-20H,11-13H2/t16-,18-,19-/m1/s1. The van der Waals surface area contributed by atoms with Crippen molar-refractivity contribution < 1.29 is 14.6 Å². The van der Waals surface area contributed by atoms with E-state index in [0.29, 0.717) is 19.3 Å². The Morgan fingerprint density at radius 3 is 2.32 bits per heavy atom. The number of carbonyl (C=O) groups excluding carboxylic acids is 1. The van der Waals surface area contributed by atoms with Crippen molar-refractivity contribution in [2.45, 2.75) is 37.6 Å². The summed E-state index contributed by atoms with van der Waals surface area (Å²) >= 11 is 0. The van der Waals surface area contributed by atoms with Gasteiger partial charge in [0, 0.05) is 19.3 Å². The summed E-state index contributed by atoms with van der Waals surface area (Å²) in [5.74, 6) is 0.0332. The van der Waals surface area contributed by atoms with Crippen molar-refractivity contribution in [2.24, 2.45) is 0 Å². The molecule has 0 aromatic heterocycles. The molecule has 22 heavy (non-hydrogen) atoms. The Balaban J connectivity index is 1.69. The van der Waals surface area contributed by atoms with Crippen LogP contribution in [-0.2, 0) is 16.0 Å². The number of ether oxygens (including phenoxy) is 1. The minimum Gasteiger partial charge on any atom is -0.393 e. The molecule has 1 N–H and O–H groups in total. The smallest absolute Gasteiger partial charge is 0.166 e. The van der Waals surface area contributed by atoms with Crippen LogP contribution in [-0.4, -0.2) is 23.1 Å². The number of aliphatic hydroxyl groups excluding tert-OH is 1. The molecule has 3 nitrogen and oxygen atoms in total. The highest BCUT2D eigenvalue weighted by Gasteiger charge is 2.33. The molecule has 1 aliphatic rings. The third-order valence-corrected chi connectivity index (χ3v) is 4.05. The van der Waals surface area contributed by atoms with Gasteiger partial charge in [0.05, 0.1) is 12.2 Å². The highest BCUT2D eigenvalue weighted by molar-refractivity contribution is 5.85. The average molecular weight is 296 g/mol. The van der Waals surface area contributed by atoms with Gasteiger partial charge in [-0.1, -0.05) is 60.7 Å². The molecule has 1 heterocycles. The van der Waals surface area contributed by atoms with Gasteiger partial charge in [-0.3, -0.25) is 4.79 Å². The zero-order valence-electron chi connectivity index (χ0n) is 12.4. The topological polar surface area (TPSA) is 46.5 Å². The Morgan fingerprint density at radius 2 is 1.64 bits per heavy atom. The van der Waals surface area contributed by atoms with E-state index in [0.717, 1.165) is 11.1 Å². The van der Waals surface area contributed by atoms with E-state index in [4.69, 9.17) is 4.74 Å². The van der Waals surface area contributed by atoms with E-state index in [-0.39, 0.29) is 11.9 Å². The third-order valence-electron chi connectivity index (χ3n) is 4.05. The van der Waals surface area contributed by atoms with Crippen molar-refractivity contribution in [3.63, 3.8) is 0 Å². The molecule has 0 bridgehead atoms. The molecule has 2 aromatic rings. The number of rotatable bonds is 4. The van der Waals surface area contributed by atoms with E-state index in [1.54, 1.807) is 0 Å². The van der Waals surface area contributed by atoms with Crippen LogP contribution in [0.3, 0.4) is 0 Å². The molecule has 1 saturated heterocycles. The molecule has 0 aliphatic carbocycles. The molecular formula is C19H20O3. The molecule has 2 aromatic carbocycles. The van der Waals surface area contributed by atoms with Crippen LogP contribution in [0.1, 0.15) is 30.1 Å².